The van der Waals surface area contributed by atoms with Crippen LogP contribution >= 0.6 is 0 Å². The van der Waals surface area contributed by atoms with Crippen molar-refractivity contribution < 1.29 is 9.53 Å². The standard InChI is InChI=1S/C15H17N3O2/c1-10(2)20-14-7-5-4-6-12(14)15(19)18-13-8-16-9-17-11(13)3/h4-10H,1-3H3,(H,18,19). The second kappa shape index (κ2) is 6.14. The Morgan fingerprint density at radius 2 is 2.05 bits per heavy atom. The van der Waals surface area contributed by atoms with Crippen molar-refractivity contribution in [3.63, 3.8) is 0 Å². The van der Waals surface area contributed by atoms with Crippen LogP contribution in [0.2, 0.25) is 0 Å². The Kier molecular flexibility index (Phi) is 4.30. The Morgan fingerprint density at radius 1 is 1.30 bits per heavy atom. The number of aromatic nitrogens is 2. The van der Waals surface area contributed by atoms with Gasteiger partial charge in [-0.15, -0.1) is 0 Å². The predicted molar refractivity (Wildman–Crippen MR) is 76.9 cm³/mol. The van der Waals surface area contributed by atoms with Gasteiger partial charge in [0, 0.05) is 0 Å². The molecule has 0 saturated heterocycles. The van der Waals surface area contributed by atoms with Gasteiger partial charge in [-0.05, 0) is 32.9 Å². The van der Waals surface area contributed by atoms with E-state index in [4.69, 9.17) is 4.74 Å². The maximum Gasteiger partial charge on any atom is 0.259 e. The van der Waals surface area contributed by atoms with Gasteiger partial charge in [0.1, 0.15) is 12.1 Å². The third-order valence-corrected chi connectivity index (χ3v) is 2.65. The average molecular weight is 271 g/mol. The lowest BCUT2D eigenvalue weighted by Crippen LogP contribution is -2.16. The van der Waals surface area contributed by atoms with E-state index in [0.29, 0.717) is 17.0 Å². The van der Waals surface area contributed by atoms with Gasteiger partial charge in [-0.3, -0.25) is 4.79 Å². The van der Waals surface area contributed by atoms with Crippen molar-refractivity contribution in [1.82, 2.24) is 9.97 Å². The topological polar surface area (TPSA) is 64.1 Å². The van der Waals surface area contributed by atoms with Crippen LogP contribution in [0.3, 0.4) is 0 Å². The minimum Gasteiger partial charge on any atom is -0.490 e. The number of para-hydroxylation sites is 1. The highest BCUT2D eigenvalue weighted by atomic mass is 16.5. The van der Waals surface area contributed by atoms with Crippen LogP contribution in [-0.4, -0.2) is 22.0 Å². The van der Waals surface area contributed by atoms with Gasteiger partial charge in [0.2, 0.25) is 0 Å². The molecule has 0 unspecified atom stereocenters. The molecular formula is C15H17N3O2. The number of rotatable bonds is 4. The van der Waals surface area contributed by atoms with Crippen molar-refractivity contribution >= 4 is 11.6 Å². The van der Waals surface area contributed by atoms with E-state index < -0.39 is 0 Å². The summed E-state index contributed by atoms with van der Waals surface area (Å²) in [7, 11) is 0. The van der Waals surface area contributed by atoms with Gasteiger partial charge in [-0.2, -0.15) is 0 Å². The highest BCUT2D eigenvalue weighted by molar-refractivity contribution is 6.06. The molecule has 2 rings (SSSR count). The van der Waals surface area contributed by atoms with Crippen molar-refractivity contribution in [2.45, 2.75) is 26.9 Å². The molecule has 1 N–H and O–H groups in total. The van der Waals surface area contributed by atoms with Gasteiger partial charge >= 0.3 is 0 Å². The van der Waals surface area contributed by atoms with Crippen LogP contribution in [-0.2, 0) is 0 Å². The molecule has 2 aromatic rings. The van der Waals surface area contributed by atoms with E-state index in [2.05, 4.69) is 15.3 Å². The number of benzene rings is 1. The molecule has 0 saturated carbocycles. The fraction of sp³-hybridized carbons (Fsp3) is 0.267. The molecule has 20 heavy (non-hydrogen) atoms. The van der Waals surface area contributed by atoms with Crippen molar-refractivity contribution in [1.29, 1.82) is 0 Å². The Morgan fingerprint density at radius 3 is 2.75 bits per heavy atom. The molecule has 0 aliphatic carbocycles. The molecular weight excluding hydrogens is 254 g/mol. The summed E-state index contributed by atoms with van der Waals surface area (Å²) in [5, 5.41) is 2.80. The first-order chi connectivity index (χ1) is 9.58. The highest BCUT2D eigenvalue weighted by Crippen LogP contribution is 2.21. The molecule has 1 heterocycles. The van der Waals surface area contributed by atoms with Crippen LogP contribution in [0.5, 0.6) is 5.75 Å². The molecule has 1 aromatic heterocycles. The molecule has 104 valence electrons. The third-order valence-electron chi connectivity index (χ3n) is 2.65. The summed E-state index contributed by atoms with van der Waals surface area (Å²) < 4.78 is 5.64. The summed E-state index contributed by atoms with van der Waals surface area (Å²) in [6, 6.07) is 7.15. The Bertz CT molecular complexity index is 612. The second-order valence-electron chi connectivity index (χ2n) is 4.64. The van der Waals surface area contributed by atoms with Gasteiger partial charge in [0.25, 0.3) is 5.91 Å². The molecule has 0 atom stereocenters. The van der Waals surface area contributed by atoms with E-state index >= 15 is 0 Å². The zero-order valence-electron chi connectivity index (χ0n) is 11.8. The Balaban J connectivity index is 2.23. The third kappa shape index (κ3) is 3.32. The van der Waals surface area contributed by atoms with E-state index in [9.17, 15) is 4.79 Å². The first kappa shape index (κ1) is 14.0. The van der Waals surface area contributed by atoms with Crippen LogP contribution in [0.4, 0.5) is 5.69 Å². The number of amides is 1. The predicted octanol–water partition coefficient (Wildman–Crippen LogP) is 2.82. The summed E-state index contributed by atoms with van der Waals surface area (Å²) in [5.74, 6) is 0.327. The first-order valence-corrected chi connectivity index (χ1v) is 6.41. The number of carbonyl (C=O) groups is 1. The normalized spacial score (nSPS) is 10.4. The van der Waals surface area contributed by atoms with E-state index in [-0.39, 0.29) is 12.0 Å². The van der Waals surface area contributed by atoms with Gasteiger partial charge in [0.05, 0.1) is 29.2 Å². The number of hydrogen-bond acceptors (Lipinski definition) is 4. The lowest BCUT2D eigenvalue weighted by molar-refractivity contribution is 0.102. The van der Waals surface area contributed by atoms with Crippen molar-refractivity contribution in [2.24, 2.45) is 0 Å². The van der Waals surface area contributed by atoms with Crippen LogP contribution in [0.25, 0.3) is 0 Å². The molecule has 1 amide bonds. The zero-order chi connectivity index (χ0) is 14.5. The first-order valence-electron chi connectivity index (χ1n) is 6.41. The number of nitrogens with one attached hydrogen (secondary N) is 1. The average Bonchev–Trinajstić information content (AvgIpc) is 2.41. The maximum absolute atomic E-state index is 12.3. The van der Waals surface area contributed by atoms with Crippen molar-refractivity contribution in [2.75, 3.05) is 5.32 Å². The molecule has 0 bridgehead atoms. The lowest BCUT2D eigenvalue weighted by Gasteiger charge is -2.14. The van der Waals surface area contributed by atoms with Crippen molar-refractivity contribution in [3.8, 4) is 5.75 Å². The van der Waals surface area contributed by atoms with Crippen LogP contribution in [0.1, 0.15) is 29.9 Å². The van der Waals surface area contributed by atoms with E-state index in [1.807, 2.05) is 26.8 Å². The Hall–Kier alpha value is -2.43. The molecule has 0 aliphatic rings. The second-order valence-corrected chi connectivity index (χ2v) is 4.64. The largest absolute Gasteiger partial charge is 0.490 e. The van der Waals surface area contributed by atoms with Crippen LogP contribution in [0.15, 0.2) is 36.8 Å². The number of ether oxygens (including phenoxy) is 1. The molecule has 5 heteroatoms. The summed E-state index contributed by atoms with van der Waals surface area (Å²) in [6.07, 6.45) is 3.03. The summed E-state index contributed by atoms with van der Waals surface area (Å²) >= 11 is 0. The molecule has 5 nitrogen and oxygen atoms in total. The van der Waals surface area contributed by atoms with Gasteiger partial charge in [0.15, 0.2) is 0 Å². The number of aryl methyl sites for hydroxylation is 1. The number of carbonyl (C=O) groups excluding carboxylic acids is 1. The summed E-state index contributed by atoms with van der Waals surface area (Å²) in [6.45, 7) is 5.65. The fourth-order valence-corrected chi connectivity index (χ4v) is 1.71. The van der Waals surface area contributed by atoms with Gasteiger partial charge in [-0.1, -0.05) is 12.1 Å². The zero-order valence-corrected chi connectivity index (χ0v) is 11.8. The van der Waals surface area contributed by atoms with E-state index in [1.54, 1.807) is 24.4 Å². The smallest absolute Gasteiger partial charge is 0.259 e. The monoisotopic (exact) mass is 271 g/mol. The number of hydrogen-bond donors (Lipinski definition) is 1. The lowest BCUT2D eigenvalue weighted by atomic mass is 10.2. The minimum absolute atomic E-state index is 0.00532. The molecule has 0 spiro atoms. The van der Waals surface area contributed by atoms with E-state index in [0.717, 1.165) is 5.69 Å². The SMILES string of the molecule is Cc1ncncc1NC(=O)c1ccccc1OC(C)C. The van der Waals surface area contributed by atoms with Gasteiger partial charge in [-0.25, -0.2) is 9.97 Å². The number of nitrogens with zero attached hydrogens (tertiary/aromatic N) is 2. The van der Waals surface area contributed by atoms with Crippen LogP contribution in [0, 0.1) is 6.92 Å². The fourth-order valence-electron chi connectivity index (χ4n) is 1.71. The molecule has 0 aliphatic heterocycles. The Labute approximate surface area is 118 Å². The quantitative estimate of drug-likeness (QED) is 0.928. The molecule has 0 radical (unpaired) electrons. The highest BCUT2D eigenvalue weighted by Gasteiger charge is 2.14. The summed E-state index contributed by atoms with van der Waals surface area (Å²) in [5.41, 5.74) is 1.80. The number of anilines is 1. The summed E-state index contributed by atoms with van der Waals surface area (Å²) in [4.78, 5) is 20.3. The molecule has 0 fully saturated rings. The van der Waals surface area contributed by atoms with Gasteiger partial charge < -0.3 is 10.1 Å². The van der Waals surface area contributed by atoms with Crippen molar-refractivity contribution in [3.05, 3.63) is 48.0 Å². The maximum atomic E-state index is 12.3. The minimum atomic E-state index is -0.237. The van der Waals surface area contributed by atoms with Crippen LogP contribution < -0.4 is 10.1 Å². The van der Waals surface area contributed by atoms with E-state index in [1.165, 1.54) is 6.33 Å². The molecule has 1 aromatic carbocycles.